The summed E-state index contributed by atoms with van der Waals surface area (Å²) in [7, 11) is 1.39. The minimum absolute atomic E-state index is 0.0289. The highest BCUT2D eigenvalue weighted by molar-refractivity contribution is 5.94. The van der Waals surface area contributed by atoms with Gasteiger partial charge < -0.3 is 10.4 Å². The Morgan fingerprint density at radius 1 is 1.33 bits per heavy atom. The molecule has 0 fully saturated rings. The summed E-state index contributed by atoms with van der Waals surface area (Å²) in [6.45, 7) is 3.35. The molecule has 140 valence electrons. The molecule has 0 spiro atoms. The van der Waals surface area contributed by atoms with Crippen LogP contribution in [-0.4, -0.2) is 35.3 Å². The second-order valence-electron chi connectivity index (χ2n) is 5.98. The van der Waals surface area contributed by atoms with Gasteiger partial charge in [-0.2, -0.15) is 4.68 Å². The van der Waals surface area contributed by atoms with E-state index in [0.29, 0.717) is 17.0 Å². The van der Waals surface area contributed by atoms with Gasteiger partial charge in [-0.15, -0.1) is 5.10 Å². The lowest BCUT2D eigenvalue weighted by atomic mass is 10.1. The van der Waals surface area contributed by atoms with Gasteiger partial charge >= 0.3 is 0 Å². The summed E-state index contributed by atoms with van der Waals surface area (Å²) < 4.78 is 15.6. The molecular formula is C17H17FN6O3. The topological polar surface area (TPSA) is 115 Å². The van der Waals surface area contributed by atoms with Crippen molar-refractivity contribution in [2.45, 2.75) is 20.4 Å². The molecule has 1 amide bonds. The lowest BCUT2D eigenvalue weighted by Gasteiger charge is -2.11. The van der Waals surface area contributed by atoms with E-state index < -0.39 is 22.9 Å². The zero-order valence-corrected chi connectivity index (χ0v) is 14.9. The summed E-state index contributed by atoms with van der Waals surface area (Å²) in [5.74, 6) is -1.38. The molecule has 0 radical (unpaired) electrons. The van der Waals surface area contributed by atoms with E-state index in [1.165, 1.54) is 30.2 Å². The Hall–Kier alpha value is -3.56. The van der Waals surface area contributed by atoms with Crippen LogP contribution in [0.2, 0.25) is 0 Å². The average Bonchev–Trinajstić information content (AvgIpc) is 3.07. The first-order chi connectivity index (χ1) is 12.8. The lowest BCUT2D eigenvalue weighted by Crippen LogP contribution is -2.30. The standard InChI is InChI=1S/C17H17FN6O3/c1-9-6-11(4-5-12(9)18)7-19-15(26)13-14(25)16(27)23(3)17(21-13)24-8-20-10(2)22-24/h4-6,8,25H,7H2,1-3H3,(H,19,26). The predicted molar refractivity (Wildman–Crippen MR) is 93.1 cm³/mol. The van der Waals surface area contributed by atoms with Gasteiger partial charge in [-0.1, -0.05) is 12.1 Å². The minimum atomic E-state index is -0.795. The van der Waals surface area contributed by atoms with E-state index >= 15 is 0 Å². The SMILES string of the molecule is Cc1ncn(-c2nc(C(=O)NCc3ccc(F)c(C)c3)c(O)c(=O)n2C)n1. The first-order valence-electron chi connectivity index (χ1n) is 7.99. The maximum absolute atomic E-state index is 13.3. The maximum Gasteiger partial charge on any atom is 0.297 e. The Balaban J connectivity index is 1.91. The van der Waals surface area contributed by atoms with E-state index in [9.17, 15) is 19.1 Å². The first-order valence-corrected chi connectivity index (χ1v) is 7.99. The zero-order chi connectivity index (χ0) is 19.7. The molecule has 0 atom stereocenters. The van der Waals surface area contributed by atoms with Crippen LogP contribution in [0.5, 0.6) is 5.75 Å². The molecule has 0 saturated carbocycles. The number of aromatic nitrogens is 5. The molecule has 0 aliphatic carbocycles. The van der Waals surface area contributed by atoms with Gasteiger partial charge in [0, 0.05) is 13.6 Å². The fourth-order valence-corrected chi connectivity index (χ4v) is 2.47. The number of halogens is 1. The van der Waals surface area contributed by atoms with Crippen LogP contribution in [0.4, 0.5) is 4.39 Å². The molecule has 0 aliphatic heterocycles. The molecule has 2 heterocycles. The quantitative estimate of drug-likeness (QED) is 0.698. The molecule has 27 heavy (non-hydrogen) atoms. The van der Waals surface area contributed by atoms with Gasteiger partial charge in [0.05, 0.1) is 0 Å². The van der Waals surface area contributed by atoms with Crippen molar-refractivity contribution in [3.8, 4) is 11.7 Å². The number of aryl methyl sites for hydroxylation is 2. The number of aromatic hydroxyl groups is 1. The van der Waals surface area contributed by atoms with E-state index in [1.807, 2.05) is 0 Å². The van der Waals surface area contributed by atoms with Gasteiger partial charge in [0.15, 0.2) is 5.69 Å². The highest BCUT2D eigenvalue weighted by Crippen LogP contribution is 2.13. The maximum atomic E-state index is 13.3. The van der Waals surface area contributed by atoms with Gasteiger partial charge in [0.2, 0.25) is 11.7 Å². The average molecular weight is 372 g/mol. The minimum Gasteiger partial charge on any atom is -0.501 e. The number of nitrogens with zero attached hydrogens (tertiary/aromatic N) is 5. The van der Waals surface area contributed by atoms with Crippen LogP contribution in [0.25, 0.3) is 5.95 Å². The van der Waals surface area contributed by atoms with E-state index in [-0.39, 0.29) is 18.3 Å². The summed E-state index contributed by atoms with van der Waals surface area (Å²) in [4.78, 5) is 32.7. The highest BCUT2D eigenvalue weighted by atomic mass is 19.1. The smallest absolute Gasteiger partial charge is 0.297 e. The van der Waals surface area contributed by atoms with Crippen LogP contribution in [-0.2, 0) is 13.6 Å². The molecule has 10 heteroatoms. The second kappa shape index (κ2) is 6.98. The van der Waals surface area contributed by atoms with E-state index in [0.717, 1.165) is 4.57 Å². The Bertz CT molecular complexity index is 1090. The first kappa shape index (κ1) is 18.2. The van der Waals surface area contributed by atoms with Crippen molar-refractivity contribution in [1.82, 2.24) is 29.6 Å². The van der Waals surface area contributed by atoms with Gasteiger partial charge in [0.1, 0.15) is 18.0 Å². The van der Waals surface area contributed by atoms with E-state index in [1.54, 1.807) is 19.9 Å². The number of carbonyl (C=O) groups excluding carboxylic acids is 1. The molecule has 0 saturated heterocycles. The Kier molecular flexibility index (Phi) is 4.72. The molecular weight excluding hydrogens is 355 g/mol. The van der Waals surface area contributed by atoms with Crippen LogP contribution in [0.3, 0.4) is 0 Å². The van der Waals surface area contributed by atoms with Crippen molar-refractivity contribution < 1.29 is 14.3 Å². The number of nitrogens with one attached hydrogen (secondary N) is 1. The van der Waals surface area contributed by atoms with Gasteiger partial charge in [-0.25, -0.2) is 14.4 Å². The second-order valence-corrected chi connectivity index (χ2v) is 5.98. The number of benzene rings is 1. The number of carbonyl (C=O) groups is 1. The van der Waals surface area contributed by atoms with Crippen LogP contribution < -0.4 is 10.9 Å². The van der Waals surface area contributed by atoms with Crippen molar-refractivity contribution in [2.75, 3.05) is 0 Å². The predicted octanol–water partition coefficient (Wildman–Crippen LogP) is 0.753. The van der Waals surface area contributed by atoms with Crippen molar-refractivity contribution in [2.24, 2.45) is 7.05 Å². The molecule has 3 aromatic rings. The summed E-state index contributed by atoms with van der Waals surface area (Å²) in [6.07, 6.45) is 1.34. The fourth-order valence-electron chi connectivity index (χ4n) is 2.47. The molecule has 1 aromatic carbocycles. The number of hydrogen-bond acceptors (Lipinski definition) is 6. The number of amides is 1. The third-order valence-electron chi connectivity index (χ3n) is 3.95. The van der Waals surface area contributed by atoms with Gasteiger partial charge in [-0.05, 0) is 31.0 Å². The van der Waals surface area contributed by atoms with Crippen molar-refractivity contribution in [1.29, 1.82) is 0 Å². The summed E-state index contributed by atoms with van der Waals surface area (Å²) in [6, 6.07) is 4.43. The third-order valence-corrected chi connectivity index (χ3v) is 3.95. The molecule has 0 aliphatic rings. The van der Waals surface area contributed by atoms with Crippen LogP contribution in [0, 0.1) is 19.7 Å². The summed E-state index contributed by atoms with van der Waals surface area (Å²) >= 11 is 0. The molecule has 2 N–H and O–H groups in total. The van der Waals surface area contributed by atoms with E-state index in [2.05, 4.69) is 20.4 Å². The number of hydrogen-bond donors (Lipinski definition) is 2. The van der Waals surface area contributed by atoms with Crippen LogP contribution >= 0.6 is 0 Å². The Labute approximate surface area is 153 Å². The number of rotatable bonds is 4. The molecule has 0 unspecified atom stereocenters. The van der Waals surface area contributed by atoms with Gasteiger partial charge in [-0.3, -0.25) is 14.2 Å². The van der Waals surface area contributed by atoms with Crippen LogP contribution in [0.15, 0.2) is 29.3 Å². The summed E-state index contributed by atoms with van der Waals surface area (Å²) in [5.41, 5.74) is -0.117. The van der Waals surface area contributed by atoms with Crippen molar-refractivity contribution in [3.63, 3.8) is 0 Å². The summed E-state index contributed by atoms with van der Waals surface area (Å²) in [5, 5.41) is 16.7. The molecule has 2 aromatic heterocycles. The Morgan fingerprint density at radius 2 is 2.07 bits per heavy atom. The lowest BCUT2D eigenvalue weighted by molar-refractivity contribution is 0.0942. The third kappa shape index (κ3) is 3.54. The molecule has 3 rings (SSSR count). The van der Waals surface area contributed by atoms with Gasteiger partial charge in [0.25, 0.3) is 11.5 Å². The molecule has 9 nitrogen and oxygen atoms in total. The van der Waals surface area contributed by atoms with E-state index in [4.69, 9.17) is 0 Å². The van der Waals surface area contributed by atoms with Crippen molar-refractivity contribution >= 4 is 5.91 Å². The van der Waals surface area contributed by atoms with Crippen molar-refractivity contribution in [3.05, 3.63) is 63.3 Å². The Morgan fingerprint density at radius 3 is 2.70 bits per heavy atom. The normalized spacial score (nSPS) is 10.8. The highest BCUT2D eigenvalue weighted by Gasteiger charge is 2.21. The monoisotopic (exact) mass is 372 g/mol. The fraction of sp³-hybridized carbons (Fsp3) is 0.235. The van der Waals surface area contributed by atoms with Crippen LogP contribution in [0.1, 0.15) is 27.4 Å². The molecule has 0 bridgehead atoms. The zero-order valence-electron chi connectivity index (χ0n) is 14.9. The largest absolute Gasteiger partial charge is 0.501 e.